The van der Waals surface area contributed by atoms with E-state index in [1.807, 2.05) is 6.92 Å². The van der Waals surface area contributed by atoms with Gasteiger partial charge in [0.1, 0.15) is 5.82 Å². The van der Waals surface area contributed by atoms with Crippen LogP contribution in [0, 0.1) is 5.82 Å². The van der Waals surface area contributed by atoms with Gasteiger partial charge in [0.05, 0.1) is 11.1 Å². The van der Waals surface area contributed by atoms with Crippen molar-refractivity contribution in [2.24, 2.45) is 0 Å². The van der Waals surface area contributed by atoms with Gasteiger partial charge in [-0.3, -0.25) is 9.59 Å². The molecule has 1 saturated heterocycles. The number of likely N-dealkylation sites (tertiary alicyclic amines) is 1. The van der Waals surface area contributed by atoms with Gasteiger partial charge in [0.15, 0.2) is 0 Å². The Morgan fingerprint density at radius 2 is 1.90 bits per heavy atom. The van der Waals surface area contributed by atoms with Crippen LogP contribution in [0.5, 0.6) is 0 Å². The normalized spacial score (nSPS) is 19.2. The number of carbonyl (C=O) groups excluding carboxylic acids is 1. The standard InChI is InChI=1S/C23H20F4N2O2/c1-22(13-14-7-8-18(24)17(11-14)23(25,26)27)9-4-10-29(22)21(31)16-12-20(30)28-19-6-3-2-5-15(16)19/h2-3,5-8,11-12H,4,9-10,13H2,1H3,(H,28,30). The monoisotopic (exact) mass is 432 g/mol. The molecule has 0 aliphatic carbocycles. The van der Waals surface area contributed by atoms with Gasteiger partial charge in [-0.1, -0.05) is 24.3 Å². The number of nitrogens with zero attached hydrogens (tertiary/aromatic N) is 1. The zero-order valence-corrected chi connectivity index (χ0v) is 16.7. The van der Waals surface area contributed by atoms with Gasteiger partial charge in [-0.05, 0) is 49.9 Å². The van der Waals surface area contributed by atoms with Crippen LogP contribution >= 0.6 is 0 Å². The van der Waals surface area contributed by atoms with Crippen LogP contribution in [0.25, 0.3) is 10.9 Å². The maximum atomic E-state index is 13.7. The average Bonchev–Trinajstić information content (AvgIpc) is 3.08. The second-order valence-electron chi connectivity index (χ2n) is 8.14. The Hall–Kier alpha value is -3.16. The summed E-state index contributed by atoms with van der Waals surface area (Å²) >= 11 is 0. The second-order valence-corrected chi connectivity index (χ2v) is 8.14. The lowest BCUT2D eigenvalue weighted by molar-refractivity contribution is -0.140. The number of hydrogen-bond donors (Lipinski definition) is 1. The van der Waals surface area contributed by atoms with Crippen LogP contribution in [-0.4, -0.2) is 27.9 Å². The molecule has 2 heterocycles. The highest BCUT2D eigenvalue weighted by atomic mass is 19.4. The summed E-state index contributed by atoms with van der Waals surface area (Å²) in [6.45, 7) is 2.23. The van der Waals surface area contributed by atoms with E-state index in [0.29, 0.717) is 35.9 Å². The maximum absolute atomic E-state index is 13.7. The van der Waals surface area contributed by atoms with E-state index in [1.165, 1.54) is 12.1 Å². The largest absolute Gasteiger partial charge is 0.419 e. The van der Waals surface area contributed by atoms with Crippen LogP contribution in [0.15, 0.2) is 53.3 Å². The van der Waals surface area contributed by atoms with Gasteiger partial charge < -0.3 is 9.88 Å². The predicted octanol–water partition coefficient (Wildman–Crippen LogP) is 4.92. The molecule has 1 aliphatic rings. The Morgan fingerprint density at radius 3 is 2.65 bits per heavy atom. The van der Waals surface area contributed by atoms with Crippen LogP contribution < -0.4 is 5.56 Å². The van der Waals surface area contributed by atoms with E-state index < -0.39 is 28.7 Å². The second kappa shape index (κ2) is 7.51. The van der Waals surface area contributed by atoms with E-state index in [2.05, 4.69) is 4.98 Å². The number of para-hydroxylation sites is 1. The number of carbonyl (C=O) groups is 1. The average molecular weight is 432 g/mol. The molecule has 0 spiro atoms. The number of aromatic amines is 1. The van der Waals surface area contributed by atoms with Crippen molar-refractivity contribution in [3.8, 4) is 0 Å². The third kappa shape index (κ3) is 3.94. The molecular formula is C23H20F4N2O2. The van der Waals surface area contributed by atoms with Crippen LogP contribution in [0.1, 0.15) is 41.3 Å². The van der Waals surface area contributed by atoms with Crippen molar-refractivity contribution >= 4 is 16.8 Å². The molecule has 8 heteroatoms. The first-order chi connectivity index (χ1) is 14.6. The molecule has 4 nitrogen and oxygen atoms in total. The van der Waals surface area contributed by atoms with Gasteiger partial charge in [-0.25, -0.2) is 4.39 Å². The molecule has 0 radical (unpaired) electrons. The molecule has 1 aromatic heterocycles. The van der Waals surface area contributed by atoms with Gasteiger partial charge >= 0.3 is 6.18 Å². The smallest absolute Gasteiger partial charge is 0.333 e. The van der Waals surface area contributed by atoms with Crippen molar-refractivity contribution in [2.45, 2.75) is 37.9 Å². The van der Waals surface area contributed by atoms with Crippen molar-refractivity contribution < 1.29 is 22.4 Å². The number of hydrogen-bond acceptors (Lipinski definition) is 2. The third-order valence-electron chi connectivity index (χ3n) is 5.90. The molecule has 1 amide bonds. The highest BCUT2D eigenvalue weighted by Crippen LogP contribution is 2.37. The molecule has 162 valence electrons. The minimum atomic E-state index is -4.80. The van der Waals surface area contributed by atoms with E-state index in [4.69, 9.17) is 0 Å². The number of rotatable bonds is 3. The van der Waals surface area contributed by atoms with Crippen LogP contribution in [0.2, 0.25) is 0 Å². The number of amides is 1. The van der Waals surface area contributed by atoms with Gasteiger partial charge in [0.25, 0.3) is 5.91 Å². The molecule has 3 aromatic rings. The van der Waals surface area contributed by atoms with Crippen molar-refractivity contribution in [1.82, 2.24) is 9.88 Å². The quantitative estimate of drug-likeness (QED) is 0.597. The minimum Gasteiger partial charge on any atom is -0.333 e. The summed E-state index contributed by atoms with van der Waals surface area (Å²) in [5, 5.41) is 0.600. The Bertz CT molecular complexity index is 1220. The molecule has 1 fully saturated rings. The number of H-pyrrole nitrogens is 1. The first kappa shape index (κ1) is 21.1. The SMILES string of the molecule is CC1(Cc2ccc(F)c(C(F)(F)F)c2)CCCN1C(=O)c1cc(=O)[nH]c2ccccc12. The summed E-state index contributed by atoms with van der Waals surface area (Å²) in [5.41, 5.74) is -1.40. The molecule has 4 rings (SSSR count). The third-order valence-corrected chi connectivity index (χ3v) is 5.90. The summed E-state index contributed by atoms with van der Waals surface area (Å²) in [4.78, 5) is 29.8. The summed E-state index contributed by atoms with van der Waals surface area (Å²) in [6, 6.07) is 11.1. The van der Waals surface area contributed by atoms with E-state index in [0.717, 1.165) is 12.1 Å². The van der Waals surface area contributed by atoms with E-state index in [1.54, 1.807) is 29.2 Å². The minimum absolute atomic E-state index is 0.142. The fourth-order valence-electron chi connectivity index (χ4n) is 4.42. The molecule has 1 atom stereocenters. The molecule has 1 unspecified atom stereocenters. The summed E-state index contributed by atoms with van der Waals surface area (Å²) in [7, 11) is 0. The summed E-state index contributed by atoms with van der Waals surface area (Å²) < 4.78 is 53.0. The molecule has 1 N–H and O–H groups in total. The summed E-state index contributed by atoms with van der Waals surface area (Å²) in [6.07, 6.45) is -3.39. The number of aromatic nitrogens is 1. The highest BCUT2D eigenvalue weighted by molar-refractivity contribution is 6.06. The summed E-state index contributed by atoms with van der Waals surface area (Å²) in [5.74, 6) is -1.67. The van der Waals surface area contributed by atoms with Crippen molar-refractivity contribution in [2.75, 3.05) is 6.54 Å². The lowest BCUT2D eigenvalue weighted by Gasteiger charge is -2.36. The molecule has 31 heavy (non-hydrogen) atoms. The fraction of sp³-hybridized carbons (Fsp3) is 0.304. The zero-order valence-electron chi connectivity index (χ0n) is 16.7. The lowest BCUT2D eigenvalue weighted by atomic mass is 9.89. The lowest BCUT2D eigenvalue weighted by Crippen LogP contribution is -2.47. The van der Waals surface area contributed by atoms with Gasteiger partial charge in [-0.15, -0.1) is 0 Å². The van der Waals surface area contributed by atoms with Crippen molar-refractivity contribution in [3.05, 3.63) is 81.4 Å². The molecule has 1 aliphatic heterocycles. The molecule has 0 saturated carbocycles. The molecular weight excluding hydrogens is 412 g/mol. The first-order valence-corrected chi connectivity index (χ1v) is 9.88. The number of nitrogens with one attached hydrogen (secondary N) is 1. The van der Waals surface area contributed by atoms with Gasteiger partial charge in [0, 0.05) is 29.1 Å². The highest BCUT2D eigenvalue weighted by Gasteiger charge is 2.41. The number of fused-ring (bicyclic) bond motifs is 1. The predicted molar refractivity (Wildman–Crippen MR) is 108 cm³/mol. The van der Waals surface area contributed by atoms with Crippen molar-refractivity contribution in [3.63, 3.8) is 0 Å². The molecule has 0 bridgehead atoms. The van der Waals surface area contributed by atoms with E-state index >= 15 is 0 Å². The number of benzene rings is 2. The Kier molecular flexibility index (Phi) is 5.11. The maximum Gasteiger partial charge on any atom is 0.419 e. The zero-order chi connectivity index (χ0) is 22.4. The van der Waals surface area contributed by atoms with E-state index in [9.17, 15) is 27.2 Å². The fourth-order valence-corrected chi connectivity index (χ4v) is 4.42. The van der Waals surface area contributed by atoms with Gasteiger partial charge in [-0.2, -0.15) is 13.2 Å². The number of pyridine rings is 1. The Morgan fingerprint density at radius 1 is 1.16 bits per heavy atom. The first-order valence-electron chi connectivity index (χ1n) is 9.88. The molecule has 2 aromatic carbocycles. The van der Waals surface area contributed by atoms with Gasteiger partial charge in [0.2, 0.25) is 5.56 Å². The van der Waals surface area contributed by atoms with Crippen molar-refractivity contribution in [1.29, 1.82) is 0 Å². The van der Waals surface area contributed by atoms with Crippen LogP contribution in [-0.2, 0) is 12.6 Å². The Labute approximate surface area is 175 Å². The van der Waals surface area contributed by atoms with Crippen LogP contribution in [0.4, 0.5) is 17.6 Å². The topological polar surface area (TPSA) is 53.2 Å². The van der Waals surface area contributed by atoms with Crippen LogP contribution in [0.3, 0.4) is 0 Å². The number of halogens is 4. The van der Waals surface area contributed by atoms with E-state index in [-0.39, 0.29) is 17.9 Å². The Balaban J connectivity index is 1.70. The number of alkyl halides is 3.